The molecule has 0 bridgehead atoms. The molecule has 0 radical (unpaired) electrons. The summed E-state index contributed by atoms with van der Waals surface area (Å²) in [6.45, 7) is 4.37. The Bertz CT molecular complexity index is 322. The van der Waals surface area contributed by atoms with E-state index in [1.54, 1.807) is 0 Å². The van der Waals surface area contributed by atoms with Crippen LogP contribution in [-0.2, 0) is 4.79 Å². The molecule has 0 heterocycles. The van der Waals surface area contributed by atoms with Crippen molar-refractivity contribution >= 4 is 34.2 Å². The Morgan fingerprint density at radius 1 is 1.33 bits per heavy atom. The number of anilines is 1. The van der Waals surface area contributed by atoms with Crippen molar-refractivity contribution < 1.29 is 4.79 Å². The van der Waals surface area contributed by atoms with Gasteiger partial charge in [0.1, 0.15) is 0 Å². The summed E-state index contributed by atoms with van der Waals surface area (Å²) in [5.74, 6) is -0.00934. The van der Waals surface area contributed by atoms with Gasteiger partial charge in [-0.15, -0.1) is 0 Å². The van der Waals surface area contributed by atoms with Crippen LogP contribution in [0.15, 0.2) is 24.3 Å². The van der Waals surface area contributed by atoms with Crippen LogP contribution in [0, 0.1) is 3.57 Å². The molecular weight excluding hydrogens is 303 g/mol. The predicted octanol–water partition coefficient (Wildman–Crippen LogP) is 2.23. The van der Waals surface area contributed by atoms with E-state index in [9.17, 15) is 4.79 Å². The van der Waals surface area contributed by atoms with Crippen molar-refractivity contribution in [2.45, 2.75) is 19.9 Å². The summed E-state index contributed by atoms with van der Waals surface area (Å²) in [7, 11) is 0. The molecule has 0 aliphatic heterocycles. The summed E-state index contributed by atoms with van der Waals surface area (Å²) in [4.78, 5) is 11.4. The van der Waals surface area contributed by atoms with Gasteiger partial charge in [0.2, 0.25) is 5.91 Å². The van der Waals surface area contributed by atoms with Crippen molar-refractivity contribution in [2.75, 3.05) is 11.9 Å². The van der Waals surface area contributed by atoms with Crippen molar-refractivity contribution in [3.8, 4) is 0 Å². The zero-order valence-corrected chi connectivity index (χ0v) is 11.0. The van der Waals surface area contributed by atoms with Gasteiger partial charge in [-0.05, 0) is 46.9 Å². The van der Waals surface area contributed by atoms with Crippen LogP contribution in [0.3, 0.4) is 0 Å². The van der Waals surface area contributed by atoms with E-state index in [2.05, 4.69) is 33.2 Å². The van der Waals surface area contributed by atoms with Gasteiger partial charge in [-0.3, -0.25) is 4.79 Å². The molecule has 0 aliphatic carbocycles. The van der Waals surface area contributed by atoms with Crippen LogP contribution in [0.1, 0.15) is 13.8 Å². The Kier molecular flexibility index (Phi) is 5.04. The molecule has 4 heteroatoms. The van der Waals surface area contributed by atoms with E-state index < -0.39 is 0 Å². The molecule has 2 N–H and O–H groups in total. The Morgan fingerprint density at radius 2 is 1.93 bits per heavy atom. The van der Waals surface area contributed by atoms with Crippen LogP contribution in [-0.4, -0.2) is 18.5 Å². The first-order chi connectivity index (χ1) is 7.08. The molecule has 3 nitrogen and oxygen atoms in total. The van der Waals surface area contributed by atoms with E-state index in [4.69, 9.17) is 0 Å². The summed E-state index contributed by atoms with van der Waals surface area (Å²) >= 11 is 2.23. The summed E-state index contributed by atoms with van der Waals surface area (Å²) in [5, 5.41) is 5.88. The summed E-state index contributed by atoms with van der Waals surface area (Å²) < 4.78 is 1.16. The average Bonchev–Trinajstić information content (AvgIpc) is 2.19. The van der Waals surface area contributed by atoms with E-state index in [1.807, 2.05) is 38.1 Å². The largest absolute Gasteiger partial charge is 0.325 e. The summed E-state index contributed by atoms with van der Waals surface area (Å²) in [5.41, 5.74) is 0.839. The normalized spacial score (nSPS) is 10.4. The van der Waals surface area contributed by atoms with Gasteiger partial charge >= 0.3 is 0 Å². The molecule has 0 spiro atoms. The van der Waals surface area contributed by atoms with Gasteiger partial charge in [-0.1, -0.05) is 13.8 Å². The maximum atomic E-state index is 11.4. The monoisotopic (exact) mass is 318 g/mol. The Hall–Kier alpha value is -0.620. The number of hydrogen-bond donors (Lipinski definition) is 2. The Morgan fingerprint density at radius 3 is 2.47 bits per heavy atom. The van der Waals surface area contributed by atoms with E-state index in [1.165, 1.54) is 0 Å². The second-order valence-corrected chi connectivity index (χ2v) is 4.84. The quantitative estimate of drug-likeness (QED) is 0.836. The Balaban J connectivity index is 2.41. The molecule has 0 atom stereocenters. The maximum Gasteiger partial charge on any atom is 0.238 e. The van der Waals surface area contributed by atoms with Gasteiger partial charge in [0.25, 0.3) is 0 Å². The van der Waals surface area contributed by atoms with Crippen LogP contribution in [0.5, 0.6) is 0 Å². The zero-order valence-electron chi connectivity index (χ0n) is 8.88. The van der Waals surface area contributed by atoms with E-state index >= 15 is 0 Å². The third-order valence-electron chi connectivity index (χ3n) is 1.80. The molecule has 0 fully saturated rings. The van der Waals surface area contributed by atoms with Crippen LogP contribution in [0.25, 0.3) is 0 Å². The fourth-order valence-corrected chi connectivity index (χ4v) is 1.39. The predicted molar refractivity (Wildman–Crippen MR) is 70.9 cm³/mol. The van der Waals surface area contributed by atoms with Crippen molar-refractivity contribution in [1.29, 1.82) is 0 Å². The molecule has 0 aromatic heterocycles. The lowest BCUT2D eigenvalue weighted by molar-refractivity contribution is -0.115. The molecule has 1 amide bonds. The Labute approximate surface area is 104 Å². The second kappa shape index (κ2) is 6.07. The highest BCUT2D eigenvalue weighted by atomic mass is 127. The van der Waals surface area contributed by atoms with E-state index in [0.29, 0.717) is 12.6 Å². The highest BCUT2D eigenvalue weighted by Gasteiger charge is 2.02. The first kappa shape index (κ1) is 12.4. The van der Waals surface area contributed by atoms with Crippen molar-refractivity contribution in [1.82, 2.24) is 5.32 Å². The molecule has 1 aromatic carbocycles. The number of halogens is 1. The topological polar surface area (TPSA) is 41.1 Å². The van der Waals surface area contributed by atoms with Crippen molar-refractivity contribution in [3.63, 3.8) is 0 Å². The molecule has 0 unspecified atom stereocenters. The van der Waals surface area contributed by atoms with E-state index in [-0.39, 0.29) is 5.91 Å². The number of hydrogen-bond acceptors (Lipinski definition) is 2. The number of benzene rings is 1. The minimum absolute atomic E-state index is 0.00934. The number of rotatable bonds is 4. The lowest BCUT2D eigenvalue weighted by atomic mass is 10.3. The van der Waals surface area contributed by atoms with Gasteiger partial charge in [0.05, 0.1) is 6.54 Å². The highest BCUT2D eigenvalue weighted by Crippen LogP contribution is 2.10. The lowest BCUT2D eigenvalue weighted by Crippen LogP contribution is -2.32. The maximum absolute atomic E-state index is 11.4. The number of carbonyl (C=O) groups excluding carboxylic acids is 1. The highest BCUT2D eigenvalue weighted by molar-refractivity contribution is 14.1. The van der Waals surface area contributed by atoms with E-state index in [0.717, 1.165) is 9.26 Å². The van der Waals surface area contributed by atoms with Crippen LogP contribution in [0.2, 0.25) is 0 Å². The second-order valence-electron chi connectivity index (χ2n) is 3.59. The molecule has 15 heavy (non-hydrogen) atoms. The fraction of sp³-hybridized carbons (Fsp3) is 0.364. The molecular formula is C11H15IN2O. The first-order valence-electron chi connectivity index (χ1n) is 4.86. The minimum atomic E-state index is -0.00934. The molecule has 0 saturated heterocycles. The van der Waals surface area contributed by atoms with Crippen LogP contribution >= 0.6 is 22.6 Å². The minimum Gasteiger partial charge on any atom is -0.325 e. The smallest absolute Gasteiger partial charge is 0.238 e. The number of carbonyl (C=O) groups is 1. The van der Waals surface area contributed by atoms with Crippen molar-refractivity contribution in [3.05, 3.63) is 27.8 Å². The molecule has 0 aliphatic rings. The van der Waals surface area contributed by atoms with Gasteiger partial charge in [-0.2, -0.15) is 0 Å². The third-order valence-corrected chi connectivity index (χ3v) is 2.52. The van der Waals surface area contributed by atoms with Gasteiger partial charge in [0, 0.05) is 15.3 Å². The lowest BCUT2D eigenvalue weighted by Gasteiger charge is -2.08. The zero-order chi connectivity index (χ0) is 11.3. The summed E-state index contributed by atoms with van der Waals surface area (Å²) in [6.07, 6.45) is 0. The number of amides is 1. The van der Waals surface area contributed by atoms with Gasteiger partial charge in [-0.25, -0.2) is 0 Å². The first-order valence-corrected chi connectivity index (χ1v) is 5.94. The third kappa shape index (κ3) is 5.13. The standard InChI is InChI=1S/C11H15IN2O/c1-8(2)13-7-11(15)14-10-5-3-9(12)4-6-10/h3-6,8,13H,7H2,1-2H3,(H,14,15). The molecule has 1 rings (SSSR count). The summed E-state index contributed by atoms with van der Waals surface area (Å²) in [6, 6.07) is 8.05. The van der Waals surface area contributed by atoms with Crippen LogP contribution in [0.4, 0.5) is 5.69 Å². The number of nitrogens with one attached hydrogen (secondary N) is 2. The average molecular weight is 318 g/mol. The SMILES string of the molecule is CC(C)NCC(=O)Nc1ccc(I)cc1. The van der Waals surface area contributed by atoms with Crippen LogP contribution < -0.4 is 10.6 Å². The van der Waals surface area contributed by atoms with Gasteiger partial charge < -0.3 is 10.6 Å². The molecule has 82 valence electrons. The van der Waals surface area contributed by atoms with Crippen molar-refractivity contribution in [2.24, 2.45) is 0 Å². The van der Waals surface area contributed by atoms with Gasteiger partial charge in [0.15, 0.2) is 0 Å². The molecule has 0 saturated carbocycles. The fourth-order valence-electron chi connectivity index (χ4n) is 1.04. The molecule has 1 aromatic rings.